The summed E-state index contributed by atoms with van der Waals surface area (Å²) < 4.78 is 9.98. The highest BCUT2D eigenvalue weighted by molar-refractivity contribution is 5.82. The Hall–Kier alpha value is -3.63. The number of pyridine rings is 1. The number of hydrogen-bond donors (Lipinski definition) is 1. The molecule has 144 valence electrons. The molecule has 1 aliphatic carbocycles. The SMILES string of the molecule is Cn1nc(C2CC2)cc1Oc1cc(C#N)ccc1-c1cc(CN)cn2ccnc12. The maximum atomic E-state index is 9.39. The molecule has 0 unspecified atom stereocenters. The van der Waals surface area contributed by atoms with Gasteiger partial charge in [-0.05, 0) is 42.7 Å². The van der Waals surface area contributed by atoms with E-state index < -0.39 is 0 Å². The Morgan fingerprint density at radius 2 is 2.10 bits per heavy atom. The van der Waals surface area contributed by atoms with Gasteiger partial charge < -0.3 is 14.9 Å². The number of imidazole rings is 1. The average molecular weight is 384 g/mol. The van der Waals surface area contributed by atoms with Gasteiger partial charge in [0.25, 0.3) is 0 Å². The van der Waals surface area contributed by atoms with Gasteiger partial charge in [0.1, 0.15) is 11.4 Å². The molecule has 1 fully saturated rings. The first-order valence-corrected chi connectivity index (χ1v) is 9.58. The van der Waals surface area contributed by atoms with Crippen LogP contribution < -0.4 is 10.5 Å². The van der Waals surface area contributed by atoms with Crippen molar-refractivity contribution in [2.24, 2.45) is 12.8 Å². The summed E-state index contributed by atoms with van der Waals surface area (Å²) in [7, 11) is 1.87. The lowest BCUT2D eigenvalue weighted by Crippen LogP contribution is -2.01. The first-order valence-electron chi connectivity index (χ1n) is 9.58. The van der Waals surface area contributed by atoms with Crippen molar-refractivity contribution in [3.63, 3.8) is 0 Å². The normalized spacial score (nSPS) is 13.6. The number of aromatic nitrogens is 4. The number of nitrogens with zero attached hydrogens (tertiary/aromatic N) is 5. The van der Waals surface area contributed by atoms with E-state index in [0.717, 1.165) is 28.0 Å². The molecule has 3 aromatic heterocycles. The van der Waals surface area contributed by atoms with Gasteiger partial charge in [0.15, 0.2) is 0 Å². The number of benzene rings is 1. The fourth-order valence-electron chi connectivity index (χ4n) is 3.56. The van der Waals surface area contributed by atoms with Crippen LogP contribution in [0.1, 0.15) is 35.6 Å². The molecule has 0 amide bonds. The van der Waals surface area contributed by atoms with Gasteiger partial charge in [-0.1, -0.05) is 0 Å². The second kappa shape index (κ2) is 6.76. The van der Waals surface area contributed by atoms with E-state index in [1.165, 1.54) is 12.8 Å². The fourth-order valence-corrected chi connectivity index (χ4v) is 3.56. The molecule has 1 aromatic carbocycles. The molecule has 3 heterocycles. The van der Waals surface area contributed by atoms with E-state index in [2.05, 4.69) is 16.2 Å². The van der Waals surface area contributed by atoms with Crippen molar-refractivity contribution >= 4 is 5.65 Å². The predicted molar refractivity (Wildman–Crippen MR) is 108 cm³/mol. The number of fused-ring (bicyclic) bond motifs is 1. The average Bonchev–Trinajstić information content (AvgIpc) is 3.37. The largest absolute Gasteiger partial charge is 0.439 e. The zero-order valence-corrected chi connectivity index (χ0v) is 16.0. The Balaban J connectivity index is 1.65. The van der Waals surface area contributed by atoms with E-state index in [1.807, 2.05) is 42.0 Å². The molecule has 0 bridgehead atoms. The van der Waals surface area contributed by atoms with Crippen molar-refractivity contribution in [1.29, 1.82) is 5.26 Å². The molecular weight excluding hydrogens is 364 g/mol. The molecule has 0 spiro atoms. The highest BCUT2D eigenvalue weighted by atomic mass is 16.5. The molecule has 4 aromatic rings. The minimum atomic E-state index is 0.417. The van der Waals surface area contributed by atoms with Crippen LogP contribution in [0.15, 0.2) is 48.9 Å². The summed E-state index contributed by atoms with van der Waals surface area (Å²) in [6.45, 7) is 0.417. The van der Waals surface area contributed by atoms with Crippen LogP contribution in [0.3, 0.4) is 0 Å². The van der Waals surface area contributed by atoms with Gasteiger partial charge in [0, 0.05) is 55.3 Å². The molecule has 0 saturated heterocycles. The van der Waals surface area contributed by atoms with Crippen LogP contribution in [-0.2, 0) is 13.6 Å². The van der Waals surface area contributed by atoms with Crippen molar-refractivity contribution in [1.82, 2.24) is 19.2 Å². The molecule has 7 heteroatoms. The summed E-state index contributed by atoms with van der Waals surface area (Å²) >= 11 is 0. The summed E-state index contributed by atoms with van der Waals surface area (Å²) in [6.07, 6.45) is 7.97. The van der Waals surface area contributed by atoms with Crippen molar-refractivity contribution < 1.29 is 4.74 Å². The Labute approximate surface area is 168 Å². The van der Waals surface area contributed by atoms with Crippen LogP contribution in [0.25, 0.3) is 16.8 Å². The summed E-state index contributed by atoms with van der Waals surface area (Å²) in [4.78, 5) is 4.50. The van der Waals surface area contributed by atoms with E-state index in [4.69, 9.17) is 10.5 Å². The Kier molecular flexibility index (Phi) is 4.07. The predicted octanol–water partition coefficient (Wildman–Crippen LogP) is 3.73. The lowest BCUT2D eigenvalue weighted by Gasteiger charge is -2.13. The summed E-state index contributed by atoms with van der Waals surface area (Å²) in [6, 6.07) is 11.6. The maximum Gasteiger partial charge on any atom is 0.217 e. The maximum absolute atomic E-state index is 9.39. The van der Waals surface area contributed by atoms with Gasteiger partial charge in [-0.3, -0.25) is 0 Å². The highest BCUT2D eigenvalue weighted by Crippen LogP contribution is 2.42. The van der Waals surface area contributed by atoms with E-state index >= 15 is 0 Å². The summed E-state index contributed by atoms with van der Waals surface area (Å²) in [5, 5.41) is 14.0. The van der Waals surface area contributed by atoms with Gasteiger partial charge in [-0.15, -0.1) is 0 Å². The summed E-state index contributed by atoms with van der Waals surface area (Å²) in [5.41, 5.74) is 11.0. The first-order chi connectivity index (χ1) is 14.2. The van der Waals surface area contributed by atoms with Gasteiger partial charge in [-0.2, -0.15) is 10.4 Å². The lowest BCUT2D eigenvalue weighted by molar-refractivity contribution is 0.432. The zero-order valence-electron chi connectivity index (χ0n) is 16.0. The quantitative estimate of drug-likeness (QED) is 0.566. The smallest absolute Gasteiger partial charge is 0.217 e. The first kappa shape index (κ1) is 17.5. The van der Waals surface area contributed by atoms with Crippen molar-refractivity contribution in [3.8, 4) is 28.8 Å². The number of hydrogen-bond acceptors (Lipinski definition) is 5. The van der Waals surface area contributed by atoms with Crippen LogP contribution in [0, 0.1) is 11.3 Å². The van der Waals surface area contributed by atoms with E-state index in [0.29, 0.717) is 29.7 Å². The molecule has 0 radical (unpaired) electrons. The zero-order chi connectivity index (χ0) is 20.0. The van der Waals surface area contributed by atoms with E-state index in [-0.39, 0.29) is 0 Å². The molecule has 1 saturated carbocycles. The molecule has 1 aliphatic rings. The molecule has 5 rings (SSSR count). The number of aryl methyl sites for hydroxylation is 1. The van der Waals surface area contributed by atoms with Gasteiger partial charge >= 0.3 is 0 Å². The van der Waals surface area contributed by atoms with E-state index in [1.54, 1.807) is 23.0 Å². The third-order valence-corrected chi connectivity index (χ3v) is 5.25. The van der Waals surface area contributed by atoms with Crippen LogP contribution >= 0.6 is 0 Å². The number of ether oxygens (including phenoxy) is 1. The van der Waals surface area contributed by atoms with Gasteiger partial charge in [-0.25, -0.2) is 9.67 Å². The number of nitriles is 1. The fraction of sp³-hybridized carbons (Fsp3) is 0.227. The molecule has 0 aliphatic heterocycles. The minimum Gasteiger partial charge on any atom is -0.439 e. The highest BCUT2D eigenvalue weighted by Gasteiger charge is 2.27. The monoisotopic (exact) mass is 384 g/mol. The Bertz CT molecular complexity index is 1260. The van der Waals surface area contributed by atoms with Crippen molar-refractivity contribution in [2.75, 3.05) is 0 Å². The van der Waals surface area contributed by atoms with Gasteiger partial charge in [0.2, 0.25) is 5.88 Å². The standard InChI is InChI=1S/C22H20N6O/c1-27-21(10-19(26-27)16-3-4-16)29-20-9-14(11-23)2-5-17(20)18-8-15(12-24)13-28-7-6-25-22(18)28/h2,5-10,13,16H,3-4,12,24H2,1H3. The molecule has 2 N–H and O–H groups in total. The second-order valence-corrected chi connectivity index (χ2v) is 7.35. The van der Waals surface area contributed by atoms with Crippen molar-refractivity contribution in [2.45, 2.75) is 25.3 Å². The van der Waals surface area contributed by atoms with Crippen LogP contribution in [0.2, 0.25) is 0 Å². The molecule has 0 atom stereocenters. The number of rotatable bonds is 5. The minimum absolute atomic E-state index is 0.417. The Morgan fingerprint density at radius 3 is 2.86 bits per heavy atom. The van der Waals surface area contributed by atoms with E-state index in [9.17, 15) is 5.26 Å². The Morgan fingerprint density at radius 1 is 1.24 bits per heavy atom. The second-order valence-electron chi connectivity index (χ2n) is 7.35. The van der Waals surface area contributed by atoms with Crippen molar-refractivity contribution in [3.05, 3.63) is 65.7 Å². The van der Waals surface area contributed by atoms with Crippen LogP contribution in [0.4, 0.5) is 0 Å². The molecular formula is C22H20N6O. The summed E-state index contributed by atoms with van der Waals surface area (Å²) in [5.74, 6) is 1.78. The third kappa shape index (κ3) is 3.13. The third-order valence-electron chi connectivity index (χ3n) is 5.25. The van der Waals surface area contributed by atoms with Crippen LogP contribution in [0.5, 0.6) is 11.6 Å². The molecule has 29 heavy (non-hydrogen) atoms. The van der Waals surface area contributed by atoms with Crippen LogP contribution in [-0.4, -0.2) is 19.2 Å². The number of nitrogens with two attached hydrogens (primary N) is 1. The topological polar surface area (TPSA) is 94.2 Å². The lowest BCUT2D eigenvalue weighted by atomic mass is 10.0. The molecule has 7 nitrogen and oxygen atoms in total. The van der Waals surface area contributed by atoms with Gasteiger partial charge in [0.05, 0.1) is 17.3 Å².